The molecule has 28 heavy (non-hydrogen) atoms. The van der Waals surface area contributed by atoms with Gasteiger partial charge in [0.15, 0.2) is 6.10 Å². The Morgan fingerprint density at radius 1 is 1.00 bits per heavy atom. The van der Waals surface area contributed by atoms with Crippen LogP contribution >= 0.6 is 11.6 Å². The Labute approximate surface area is 168 Å². The molecule has 1 amide bonds. The summed E-state index contributed by atoms with van der Waals surface area (Å²) in [7, 11) is 0. The molecule has 3 aromatic carbocycles. The van der Waals surface area contributed by atoms with Gasteiger partial charge in [-0.2, -0.15) is 0 Å². The van der Waals surface area contributed by atoms with Gasteiger partial charge in [0.1, 0.15) is 16.9 Å². The molecule has 0 saturated heterocycles. The quantitative estimate of drug-likeness (QED) is 0.445. The molecule has 0 spiro atoms. The fraction of sp³-hybridized carbons (Fsp3) is 0.174. The van der Waals surface area contributed by atoms with Gasteiger partial charge in [-0.25, -0.2) is 0 Å². The topological polar surface area (TPSA) is 51.5 Å². The standard InChI is InChI=1S/C23H20ClNO3/c1-13-10-17(11-14(2)22(13)24)27-15(3)23(26)25-16-8-9-19-18-6-4-5-7-20(18)28-21(19)12-16/h4-12,15H,1-3H3,(H,25,26)/t15-/m1/s1. The second kappa shape index (κ2) is 7.21. The van der Waals surface area contributed by atoms with Crippen LogP contribution in [0.2, 0.25) is 5.02 Å². The number of benzene rings is 3. The van der Waals surface area contributed by atoms with E-state index in [0.29, 0.717) is 16.5 Å². The van der Waals surface area contributed by atoms with E-state index in [1.165, 1.54) is 0 Å². The van der Waals surface area contributed by atoms with Crippen molar-refractivity contribution in [1.82, 2.24) is 0 Å². The number of fused-ring (bicyclic) bond motifs is 3. The molecule has 4 rings (SSSR count). The highest BCUT2D eigenvalue weighted by atomic mass is 35.5. The van der Waals surface area contributed by atoms with Crippen LogP contribution in [0.25, 0.3) is 21.9 Å². The molecule has 1 N–H and O–H groups in total. The number of para-hydroxylation sites is 1. The molecule has 0 bridgehead atoms. The van der Waals surface area contributed by atoms with Crippen molar-refractivity contribution in [3.05, 3.63) is 70.7 Å². The Hall–Kier alpha value is -2.98. The van der Waals surface area contributed by atoms with E-state index < -0.39 is 6.10 Å². The van der Waals surface area contributed by atoms with Gasteiger partial charge in [-0.05, 0) is 62.2 Å². The number of ether oxygens (including phenoxy) is 1. The minimum Gasteiger partial charge on any atom is -0.481 e. The number of furan rings is 1. The van der Waals surface area contributed by atoms with E-state index in [-0.39, 0.29) is 5.91 Å². The third kappa shape index (κ3) is 3.43. The van der Waals surface area contributed by atoms with Crippen LogP contribution in [0.15, 0.2) is 59.0 Å². The molecule has 5 heteroatoms. The fourth-order valence-electron chi connectivity index (χ4n) is 3.28. The minimum atomic E-state index is -0.661. The largest absolute Gasteiger partial charge is 0.481 e. The van der Waals surface area contributed by atoms with E-state index in [1.807, 2.05) is 68.4 Å². The monoisotopic (exact) mass is 393 g/mol. The Morgan fingerprint density at radius 3 is 2.43 bits per heavy atom. The van der Waals surface area contributed by atoms with Gasteiger partial charge in [-0.1, -0.05) is 29.8 Å². The number of carbonyl (C=O) groups excluding carboxylic acids is 1. The van der Waals surface area contributed by atoms with E-state index in [0.717, 1.165) is 33.1 Å². The molecule has 4 nitrogen and oxygen atoms in total. The fourth-order valence-corrected chi connectivity index (χ4v) is 3.39. The molecule has 0 fully saturated rings. The number of nitrogens with one attached hydrogen (secondary N) is 1. The summed E-state index contributed by atoms with van der Waals surface area (Å²) in [5.41, 5.74) is 4.05. The van der Waals surface area contributed by atoms with Crippen LogP contribution in [0, 0.1) is 13.8 Å². The third-order valence-electron chi connectivity index (χ3n) is 4.74. The van der Waals surface area contributed by atoms with Crippen molar-refractivity contribution in [1.29, 1.82) is 0 Å². The number of aryl methyl sites for hydroxylation is 2. The highest BCUT2D eigenvalue weighted by Gasteiger charge is 2.17. The lowest BCUT2D eigenvalue weighted by Crippen LogP contribution is -2.30. The SMILES string of the molecule is Cc1cc(O[C@H](C)C(=O)Nc2ccc3c(c2)oc2ccccc23)cc(C)c1Cl. The Kier molecular flexibility index (Phi) is 4.73. The number of rotatable bonds is 4. The van der Waals surface area contributed by atoms with Gasteiger partial charge >= 0.3 is 0 Å². The van der Waals surface area contributed by atoms with E-state index >= 15 is 0 Å². The van der Waals surface area contributed by atoms with Gasteiger partial charge < -0.3 is 14.5 Å². The van der Waals surface area contributed by atoms with Crippen LogP contribution in [0.1, 0.15) is 18.1 Å². The van der Waals surface area contributed by atoms with Gasteiger partial charge in [0.25, 0.3) is 5.91 Å². The average Bonchev–Trinajstić information content (AvgIpc) is 3.03. The highest BCUT2D eigenvalue weighted by molar-refractivity contribution is 6.32. The van der Waals surface area contributed by atoms with Crippen molar-refractivity contribution in [2.45, 2.75) is 26.9 Å². The van der Waals surface area contributed by atoms with Gasteiger partial charge in [0.05, 0.1) is 0 Å². The number of halogens is 1. The molecule has 0 radical (unpaired) electrons. The first-order valence-corrected chi connectivity index (χ1v) is 9.46. The van der Waals surface area contributed by atoms with Crippen LogP contribution in [0.3, 0.4) is 0 Å². The maximum absolute atomic E-state index is 12.6. The number of hydrogen-bond acceptors (Lipinski definition) is 3. The van der Waals surface area contributed by atoms with Gasteiger partial charge in [-0.15, -0.1) is 0 Å². The van der Waals surface area contributed by atoms with Crippen molar-refractivity contribution < 1.29 is 13.9 Å². The first-order valence-electron chi connectivity index (χ1n) is 9.08. The number of amides is 1. The summed E-state index contributed by atoms with van der Waals surface area (Å²) >= 11 is 6.19. The minimum absolute atomic E-state index is 0.235. The molecular formula is C23H20ClNO3. The van der Waals surface area contributed by atoms with Gasteiger partial charge in [-0.3, -0.25) is 4.79 Å². The summed E-state index contributed by atoms with van der Waals surface area (Å²) in [6.07, 6.45) is -0.661. The molecule has 0 saturated carbocycles. The lowest BCUT2D eigenvalue weighted by molar-refractivity contribution is -0.122. The number of carbonyl (C=O) groups is 1. The first-order chi connectivity index (χ1) is 13.4. The molecule has 142 valence electrons. The predicted octanol–water partition coefficient (Wildman–Crippen LogP) is 6.26. The van der Waals surface area contributed by atoms with Crippen molar-refractivity contribution in [3.63, 3.8) is 0 Å². The zero-order valence-electron chi connectivity index (χ0n) is 15.9. The molecule has 4 aromatic rings. The van der Waals surface area contributed by atoms with E-state index in [1.54, 1.807) is 6.92 Å². The van der Waals surface area contributed by atoms with E-state index in [4.69, 9.17) is 20.8 Å². The zero-order chi connectivity index (χ0) is 19.8. The molecule has 0 aliphatic heterocycles. The number of anilines is 1. The Balaban J connectivity index is 1.51. The molecule has 1 heterocycles. The predicted molar refractivity (Wildman–Crippen MR) is 113 cm³/mol. The summed E-state index contributed by atoms with van der Waals surface area (Å²) in [5.74, 6) is 0.385. The van der Waals surface area contributed by atoms with Crippen molar-refractivity contribution in [3.8, 4) is 5.75 Å². The second-order valence-corrected chi connectivity index (χ2v) is 7.31. The van der Waals surface area contributed by atoms with Crippen LogP contribution < -0.4 is 10.1 Å². The summed E-state index contributed by atoms with van der Waals surface area (Å²) in [5, 5.41) is 5.68. The molecule has 0 unspecified atom stereocenters. The van der Waals surface area contributed by atoms with E-state index in [9.17, 15) is 4.79 Å². The molecule has 0 aliphatic rings. The van der Waals surface area contributed by atoms with Crippen LogP contribution in [0.4, 0.5) is 5.69 Å². The van der Waals surface area contributed by atoms with Gasteiger partial charge in [0, 0.05) is 27.5 Å². The maximum Gasteiger partial charge on any atom is 0.265 e. The Bertz CT molecular complexity index is 1170. The normalized spacial score (nSPS) is 12.3. The highest BCUT2D eigenvalue weighted by Crippen LogP contribution is 2.30. The summed E-state index contributed by atoms with van der Waals surface area (Å²) in [4.78, 5) is 12.6. The van der Waals surface area contributed by atoms with Crippen LogP contribution in [-0.4, -0.2) is 12.0 Å². The van der Waals surface area contributed by atoms with E-state index in [2.05, 4.69) is 5.32 Å². The molecule has 1 aromatic heterocycles. The van der Waals surface area contributed by atoms with Crippen LogP contribution in [-0.2, 0) is 4.79 Å². The van der Waals surface area contributed by atoms with Crippen molar-refractivity contribution >= 4 is 45.1 Å². The summed E-state index contributed by atoms with van der Waals surface area (Å²) < 4.78 is 11.7. The lowest BCUT2D eigenvalue weighted by Gasteiger charge is -2.16. The third-order valence-corrected chi connectivity index (χ3v) is 5.33. The molecule has 1 atom stereocenters. The lowest BCUT2D eigenvalue weighted by atomic mass is 10.1. The van der Waals surface area contributed by atoms with Crippen LogP contribution in [0.5, 0.6) is 5.75 Å². The smallest absolute Gasteiger partial charge is 0.265 e. The number of hydrogen-bond donors (Lipinski definition) is 1. The second-order valence-electron chi connectivity index (χ2n) is 6.93. The zero-order valence-corrected chi connectivity index (χ0v) is 16.6. The van der Waals surface area contributed by atoms with Crippen molar-refractivity contribution in [2.75, 3.05) is 5.32 Å². The summed E-state index contributed by atoms with van der Waals surface area (Å²) in [6.45, 7) is 5.54. The Morgan fingerprint density at radius 2 is 1.68 bits per heavy atom. The average molecular weight is 394 g/mol. The molecular weight excluding hydrogens is 374 g/mol. The first kappa shape index (κ1) is 18.4. The summed E-state index contributed by atoms with van der Waals surface area (Å²) in [6, 6.07) is 17.2. The van der Waals surface area contributed by atoms with Gasteiger partial charge in [0.2, 0.25) is 0 Å². The van der Waals surface area contributed by atoms with Crippen molar-refractivity contribution in [2.24, 2.45) is 0 Å². The maximum atomic E-state index is 12.6. The molecule has 0 aliphatic carbocycles.